The van der Waals surface area contributed by atoms with Crippen LogP contribution in [-0.4, -0.2) is 51.7 Å². The van der Waals surface area contributed by atoms with Gasteiger partial charge in [-0.2, -0.15) is 5.10 Å². The molecule has 1 saturated heterocycles. The van der Waals surface area contributed by atoms with E-state index < -0.39 is 9.84 Å². The number of nitrogens with zero attached hydrogens (tertiary/aromatic N) is 4. The van der Waals surface area contributed by atoms with Gasteiger partial charge < -0.3 is 0 Å². The monoisotopic (exact) mass is 326 g/mol. The van der Waals surface area contributed by atoms with Crippen molar-refractivity contribution in [3.63, 3.8) is 0 Å². The van der Waals surface area contributed by atoms with Crippen molar-refractivity contribution in [1.29, 1.82) is 0 Å². The van der Waals surface area contributed by atoms with Crippen LogP contribution >= 0.6 is 0 Å². The average Bonchev–Trinajstić information content (AvgIpc) is 2.89. The summed E-state index contributed by atoms with van der Waals surface area (Å²) in [5.41, 5.74) is 0. The number of aromatic nitrogens is 3. The third-order valence-electron chi connectivity index (χ3n) is 4.84. The molecule has 0 spiro atoms. The van der Waals surface area contributed by atoms with Crippen molar-refractivity contribution in [2.75, 3.05) is 12.3 Å². The number of sulfone groups is 1. The molecule has 2 atom stereocenters. The molecule has 1 aromatic rings. The third kappa shape index (κ3) is 3.20. The lowest BCUT2D eigenvalue weighted by molar-refractivity contribution is 0.142. The Morgan fingerprint density at radius 2 is 2.09 bits per heavy atom. The standard InChI is InChI=1S/C15H26N4O2S/c1-12(2)9-19-15(16-11-17-19)10-18-7-8-22(20,21)14-6-4-3-5-13(14)18/h11-14H,3-10H2,1-2H3. The van der Waals surface area contributed by atoms with Crippen molar-refractivity contribution in [2.45, 2.75) is 63.9 Å². The Kier molecular flexibility index (Phi) is 4.54. The van der Waals surface area contributed by atoms with Crippen LogP contribution < -0.4 is 0 Å². The van der Waals surface area contributed by atoms with Crippen molar-refractivity contribution >= 4 is 9.84 Å². The van der Waals surface area contributed by atoms with E-state index in [1.807, 2.05) is 4.68 Å². The first-order chi connectivity index (χ1) is 10.5. The molecule has 2 fully saturated rings. The molecule has 7 heteroatoms. The largest absolute Gasteiger partial charge is 0.291 e. The molecule has 2 aliphatic rings. The molecule has 0 amide bonds. The Balaban J connectivity index is 1.76. The topological polar surface area (TPSA) is 68.1 Å². The van der Waals surface area contributed by atoms with E-state index >= 15 is 0 Å². The van der Waals surface area contributed by atoms with Crippen LogP contribution in [0.15, 0.2) is 6.33 Å². The van der Waals surface area contributed by atoms with Crippen LogP contribution in [0.1, 0.15) is 45.4 Å². The van der Waals surface area contributed by atoms with Crippen LogP contribution in [0.3, 0.4) is 0 Å². The normalized spacial score (nSPS) is 28.7. The molecule has 1 aromatic heterocycles. The second-order valence-electron chi connectivity index (χ2n) is 6.98. The SMILES string of the molecule is CC(C)Cn1ncnc1CN1CCS(=O)(=O)C2CCCCC21. The zero-order valence-corrected chi connectivity index (χ0v) is 14.3. The molecule has 0 bridgehead atoms. The highest BCUT2D eigenvalue weighted by Crippen LogP contribution is 2.32. The van der Waals surface area contributed by atoms with Crippen molar-refractivity contribution in [1.82, 2.24) is 19.7 Å². The predicted molar refractivity (Wildman–Crippen MR) is 85.1 cm³/mol. The highest BCUT2D eigenvalue weighted by atomic mass is 32.2. The fourth-order valence-electron chi connectivity index (χ4n) is 3.76. The Labute approximate surface area is 132 Å². The minimum Gasteiger partial charge on any atom is -0.291 e. The molecule has 22 heavy (non-hydrogen) atoms. The summed E-state index contributed by atoms with van der Waals surface area (Å²) in [6.07, 6.45) is 5.59. The van der Waals surface area contributed by atoms with Gasteiger partial charge in [0.15, 0.2) is 9.84 Å². The first-order valence-electron chi connectivity index (χ1n) is 8.29. The van der Waals surface area contributed by atoms with Gasteiger partial charge in [-0.3, -0.25) is 4.90 Å². The van der Waals surface area contributed by atoms with E-state index in [9.17, 15) is 8.42 Å². The summed E-state index contributed by atoms with van der Waals surface area (Å²) in [4.78, 5) is 6.72. The maximum Gasteiger partial charge on any atom is 0.155 e. The number of hydrogen-bond acceptors (Lipinski definition) is 5. The number of hydrogen-bond donors (Lipinski definition) is 0. The van der Waals surface area contributed by atoms with E-state index in [0.29, 0.717) is 19.0 Å². The first-order valence-corrected chi connectivity index (χ1v) is 10.0. The van der Waals surface area contributed by atoms with Crippen LogP contribution in [0, 0.1) is 5.92 Å². The van der Waals surface area contributed by atoms with E-state index in [0.717, 1.165) is 38.1 Å². The Morgan fingerprint density at radius 1 is 1.32 bits per heavy atom. The Morgan fingerprint density at radius 3 is 2.86 bits per heavy atom. The molecular weight excluding hydrogens is 300 g/mol. The minimum absolute atomic E-state index is 0.164. The highest BCUT2D eigenvalue weighted by molar-refractivity contribution is 7.92. The second kappa shape index (κ2) is 6.28. The minimum atomic E-state index is -2.91. The average molecular weight is 326 g/mol. The Bertz CT molecular complexity index is 611. The van der Waals surface area contributed by atoms with E-state index in [2.05, 4.69) is 28.8 Å². The summed E-state index contributed by atoms with van der Waals surface area (Å²) in [6.45, 7) is 6.52. The lowest BCUT2D eigenvalue weighted by Gasteiger charge is -2.43. The van der Waals surface area contributed by atoms with Gasteiger partial charge in [0.25, 0.3) is 0 Å². The van der Waals surface area contributed by atoms with Gasteiger partial charge in [-0.25, -0.2) is 18.1 Å². The molecule has 0 N–H and O–H groups in total. The molecule has 2 unspecified atom stereocenters. The van der Waals surface area contributed by atoms with Crippen LogP contribution in [0.5, 0.6) is 0 Å². The lowest BCUT2D eigenvalue weighted by Crippen LogP contribution is -2.55. The van der Waals surface area contributed by atoms with Crippen LogP contribution in [0.4, 0.5) is 0 Å². The summed E-state index contributed by atoms with van der Waals surface area (Å²) in [5, 5.41) is 4.15. The maximum atomic E-state index is 12.3. The first kappa shape index (κ1) is 15.9. The highest BCUT2D eigenvalue weighted by Gasteiger charge is 2.42. The molecule has 1 saturated carbocycles. The molecule has 2 heterocycles. The molecule has 0 radical (unpaired) electrons. The molecule has 1 aliphatic heterocycles. The third-order valence-corrected chi connectivity index (χ3v) is 7.06. The zero-order valence-electron chi connectivity index (χ0n) is 13.5. The van der Waals surface area contributed by atoms with Crippen molar-refractivity contribution in [2.24, 2.45) is 5.92 Å². The summed E-state index contributed by atoms with van der Waals surface area (Å²) in [7, 11) is -2.91. The lowest BCUT2D eigenvalue weighted by atomic mass is 9.93. The number of rotatable bonds is 4. The molecule has 0 aromatic carbocycles. The van der Waals surface area contributed by atoms with Gasteiger partial charge in [0.1, 0.15) is 12.2 Å². The van der Waals surface area contributed by atoms with Crippen LogP contribution in [0.25, 0.3) is 0 Å². The van der Waals surface area contributed by atoms with Gasteiger partial charge in [0.2, 0.25) is 0 Å². The van der Waals surface area contributed by atoms with Gasteiger partial charge in [0, 0.05) is 19.1 Å². The van der Waals surface area contributed by atoms with Gasteiger partial charge >= 0.3 is 0 Å². The van der Waals surface area contributed by atoms with Gasteiger partial charge in [-0.1, -0.05) is 26.7 Å². The van der Waals surface area contributed by atoms with Gasteiger partial charge in [-0.05, 0) is 18.8 Å². The summed E-state index contributed by atoms with van der Waals surface area (Å²) >= 11 is 0. The molecular formula is C15H26N4O2S. The smallest absolute Gasteiger partial charge is 0.155 e. The summed E-state index contributed by atoms with van der Waals surface area (Å²) in [5.74, 6) is 1.76. The molecule has 6 nitrogen and oxygen atoms in total. The second-order valence-corrected chi connectivity index (χ2v) is 9.32. The van der Waals surface area contributed by atoms with Crippen molar-refractivity contribution in [3.05, 3.63) is 12.2 Å². The van der Waals surface area contributed by atoms with Crippen LogP contribution in [0.2, 0.25) is 0 Å². The van der Waals surface area contributed by atoms with Crippen molar-refractivity contribution < 1.29 is 8.42 Å². The molecule has 124 valence electrons. The molecule has 1 aliphatic carbocycles. The van der Waals surface area contributed by atoms with Crippen molar-refractivity contribution in [3.8, 4) is 0 Å². The maximum absolute atomic E-state index is 12.3. The van der Waals surface area contributed by atoms with E-state index in [-0.39, 0.29) is 17.0 Å². The number of fused-ring (bicyclic) bond motifs is 1. The van der Waals surface area contributed by atoms with Crippen LogP contribution in [-0.2, 0) is 22.9 Å². The van der Waals surface area contributed by atoms with Gasteiger partial charge in [-0.15, -0.1) is 0 Å². The quantitative estimate of drug-likeness (QED) is 0.838. The van der Waals surface area contributed by atoms with E-state index in [1.54, 1.807) is 6.33 Å². The fourth-order valence-corrected chi connectivity index (χ4v) is 5.87. The predicted octanol–water partition coefficient (Wildman–Crippen LogP) is 1.48. The van der Waals surface area contributed by atoms with E-state index in [4.69, 9.17) is 0 Å². The van der Waals surface area contributed by atoms with E-state index in [1.165, 1.54) is 0 Å². The summed E-state index contributed by atoms with van der Waals surface area (Å²) in [6, 6.07) is 0.164. The van der Waals surface area contributed by atoms with Gasteiger partial charge in [0.05, 0.1) is 17.5 Å². The summed E-state index contributed by atoms with van der Waals surface area (Å²) < 4.78 is 26.6. The zero-order chi connectivity index (χ0) is 15.7. The fraction of sp³-hybridized carbons (Fsp3) is 0.867. The molecule has 3 rings (SSSR count). The Hall–Kier alpha value is -0.950.